The third-order valence-electron chi connectivity index (χ3n) is 2.55. The molecule has 1 aromatic carbocycles. The predicted octanol–water partition coefficient (Wildman–Crippen LogP) is 3.40. The molecule has 0 heterocycles. The van der Waals surface area contributed by atoms with Gasteiger partial charge in [-0.2, -0.15) is 0 Å². The van der Waals surface area contributed by atoms with Crippen LogP contribution in [0.1, 0.15) is 38.7 Å². The first kappa shape index (κ1) is 13.5. The average Bonchev–Trinajstić information content (AvgIpc) is 2.37. The van der Waals surface area contributed by atoms with Gasteiger partial charge in [0.15, 0.2) is 0 Å². The van der Waals surface area contributed by atoms with Gasteiger partial charge in [-0.1, -0.05) is 56.7 Å². The number of benzene rings is 1. The molecule has 17 heavy (non-hydrogen) atoms. The molecule has 1 N–H and O–H groups in total. The molecule has 0 aliphatic heterocycles. The highest BCUT2D eigenvalue weighted by Crippen LogP contribution is 2.14. The van der Waals surface area contributed by atoms with Crippen LogP contribution in [0.3, 0.4) is 0 Å². The van der Waals surface area contributed by atoms with Crippen LogP contribution < -0.4 is 5.32 Å². The zero-order valence-electron chi connectivity index (χ0n) is 10.7. The number of nitrogens with one attached hydrogen (secondary N) is 1. The lowest BCUT2D eigenvalue weighted by atomic mass is 10.0. The van der Waals surface area contributed by atoms with Crippen LogP contribution in [0.15, 0.2) is 36.4 Å². The molecule has 2 nitrogen and oxygen atoms in total. The van der Waals surface area contributed by atoms with E-state index in [1.165, 1.54) is 0 Å². The zero-order chi connectivity index (χ0) is 12.5. The molecule has 0 unspecified atom stereocenters. The lowest BCUT2D eigenvalue weighted by Crippen LogP contribution is -2.25. The van der Waals surface area contributed by atoms with Crippen molar-refractivity contribution in [3.05, 3.63) is 42.0 Å². The topological polar surface area (TPSA) is 29.1 Å². The summed E-state index contributed by atoms with van der Waals surface area (Å²) in [4.78, 5) is 12.0. The summed E-state index contributed by atoms with van der Waals surface area (Å²) < 4.78 is 0. The highest BCUT2D eigenvalue weighted by molar-refractivity contribution is 6.19. The second-order valence-corrected chi connectivity index (χ2v) is 4.00. The maximum absolute atomic E-state index is 12.0. The largest absolute Gasteiger partial charge is 0.352 e. The van der Waals surface area contributed by atoms with Gasteiger partial charge in [0.2, 0.25) is 0 Å². The van der Waals surface area contributed by atoms with Crippen LogP contribution in [0.2, 0.25) is 0 Å². The predicted molar refractivity (Wildman–Crippen MR) is 72.6 cm³/mol. The number of unbranched alkanes of at least 4 members (excludes halogenated alkanes) is 1. The third-order valence-corrected chi connectivity index (χ3v) is 2.55. The van der Waals surface area contributed by atoms with E-state index in [2.05, 4.69) is 12.2 Å². The summed E-state index contributed by atoms with van der Waals surface area (Å²) in [6.45, 7) is 4.91. The van der Waals surface area contributed by atoms with E-state index in [0.29, 0.717) is 0 Å². The van der Waals surface area contributed by atoms with Crippen LogP contribution in [0, 0.1) is 0 Å². The highest BCUT2D eigenvalue weighted by Gasteiger charge is 2.09. The smallest absolute Gasteiger partial charge is 0.251 e. The third kappa shape index (κ3) is 4.43. The van der Waals surface area contributed by atoms with Gasteiger partial charge in [0.25, 0.3) is 5.91 Å². The summed E-state index contributed by atoms with van der Waals surface area (Å²) >= 11 is 0. The molecule has 0 aliphatic carbocycles. The summed E-state index contributed by atoms with van der Waals surface area (Å²) in [5.41, 5.74) is 1.77. The zero-order valence-corrected chi connectivity index (χ0v) is 10.7. The van der Waals surface area contributed by atoms with Crippen molar-refractivity contribution >= 4 is 11.5 Å². The van der Waals surface area contributed by atoms with Crippen molar-refractivity contribution in [2.24, 2.45) is 0 Å². The number of carbonyl (C=O) groups excluding carboxylic acids is 1. The van der Waals surface area contributed by atoms with E-state index in [4.69, 9.17) is 0 Å². The first-order chi connectivity index (χ1) is 8.29. The maximum Gasteiger partial charge on any atom is 0.251 e. The Kier molecular flexibility index (Phi) is 6.08. The Labute approximate surface area is 104 Å². The minimum absolute atomic E-state index is 0.0338. The SMILES string of the molecule is CC/C=C(/C(=O)NCCCC)c1ccccc1. The molecule has 2 heteroatoms. The minimum Gasteiger partial charge on any atom is -0.352 e. The van der Waals surface area contributed by atoms with E-state index in [1.54, 1.807) is 0 Å². The van der Waals surface area contributed by atoms with Gasteiger partial charge < -0.3 is 5.32 Å². The number of rotatable bonds is 6. The summed E-state index contributed by atoms with van der Waals surface area (Å²) in [6, 6.07) is 9.82. The summed E-state index contributed by atoms with van der Waals surface area (Å²) in [6.07, 6.45) is 4.97. The Morgan fingerprint density at radius 3 is 2.53 bits per heavy atom. The molecule has 0 saturated heterocycles. The lowest BCUT2D eigenvalue weighted by molar-refractivity contribution is -0.115. The van der Waals surface area contributed by atoms with Gasteiger partial charge in [-0.3, -0.25) is 4.79 Å². The van der Waals surface area contributed by atoms with Crippen molar-refractivity contribution in [2.45, 2.75) is 33.1 Å². The minimum atomic E-state index is 0.0338. The van der Waals surface area contributed by atoms with E-state index < -0.39 is 0 Å². The van der Waals surface area contributed by atoms with Crippen LogP contribution in [0.25, 0.3) is 5.57 Å². The van der Waals surface area contributed by atoms with Crippen LogP contribution in [-0.2, 0) is 4.79 Å². The van der Waals surface area contributed by atoms with Crippen LogP contribution in [0.4, 0.5) is 0 Å². The van der Waals surface area contributed by atoms with E-state index in [1.807, 2.05) is 43.3 Å². The van der Waals surface area contributed by atoms with Gasteiger partial charge in [-0.25, -0.2) is 0 Å². The van der Waals surface area contributed by atoms with Crippen LogP contribution >= 0.6 is 0 Å². The number of hydrogen-bond donors (Lipinski definition) is 1. The molecular formula is C15H21NO. The monoisotopic (exact) mass is 231 g/mol. The van der Waals surface area contributed by atoms with Gasteiger partial charge in [0.05, 0.1) is 0 Å². The van der Waals surface area contributed by atoms with E-state index in [-0.39, 0.29) is 5.91 Å². The molecule has 1 rings (SSSR count). The molecule has 92 valence electrons. The Hall–Kier alpha value is -1.57. The van der Waals surface area contributed by atoms with Crippen LogP contribution in [-0.4, -0.2) is 12.5 Å². The molecule has 0 fully saturated rings. The first-order valence-corrected chi connectivity index (χ1v) is 6.33. The van der Waals surface area contributed by atoms with Gasteiger partial charge >= 0.3 is 0 Å². The molecule has 0 spiro atoms. The Balaban J connectivity index is 2.74. The van der Waals surface area contributed by atoms with E-state index >= 15 is 0 Å². The normalized spacial score (nSPS) is 11.3. The summed E-state index contributed by atoms with van der Waals surface area (Å²) in [7, 11) is 0. The van der Waals surface area contributed by atoms with E-state index in [0.717, 1.165) is 36.9 Å². The second-order valence-electron chi connectivity index (χ2n) is 4.00. The van der Waals surface area contributed by atoms with Gasteiger partial charge in [-0.05, 0) is 18.4 Å². The number of allylic oxidation sites excluding steroid dienone is 1. The summed E-state index contributed by atoms with van der Waals surface area (Å²) in [5, 5.41) is 2.96. The summed E-state index contributed by atoms with van der Waals surface area (Å²) in [5.74, 6) is 0.0338. The van der Waals surface area contributed by atoms with Crippen molar-refractivity contribution in [1.29, 1.82) is 0 Å². The quantitative estimate of drug-likeness (QED) is 0.590. The number of carbonyl (C=O) groups is 1. The van der Waals surface area contributed by atoms with Gasteiger partial charge in [-0.15, -0.1) is 0 Å². The number of hydrogen-bond acceptors (Lipinski definition) is 1. The molecule has 0 bridgehead atoms. The highest BCUT2D eigenvalue weighted by atomic mass is 16.1. The standard InChI is InChI=1S/C15H21NO/c1-3-5-12-16-15(17)14(9-4-2)13-10-7-6-8-11-13/h6-11H,3-5,12H2,1-2H3,(H,16,17)/b14-9+. The van der Waals surface area contributed by atoms with Crippen molar-refractivity contribution < 1.29 is 4.79 Å². The second kappa shape index (κ2) is 7.66. The molecule has 1 amide bonds. The molecule has 0 radical (unpaired) electrons. The fourth-order valence-electron chi connectivity index (χ4n) is 1.64. The Morgan fingerprint density at radius 1 is 1.24 bits per heavy atom. The molecular weight excluding hydrogens is 210 g/mol. The maximum atomic E-state index is 12.0. The molecule has 0 atom stereocenters. The molecule has 0 aromatic heterocycles. The van der Waals surface area contributed by atoms with Crippen molar-refractivity contribution in [3.8, 4) is 0 Å². The fraction of sp³-hybridized carbons (Fsp3) is 0.400. The lowest BCUT2D eigenvalue weighted by Gasteiger charge is -2.08. The first-order valence-electron chi connectivity index (χ1n) is 6.33. The van der Waals surface area contributed by atoms with Crippen molar-refractivity contribution in [3.63, 3.8) is 0 Å². The van der Waals surface area contributed by atoms with Crippen LogP contribution in [0.5, 0.6) is 0 Å². The van der Waals surface area contributed by atoms with Crippen molar-refractivity contribution in [1.82, 2.24) is 5.32 Å². The fourth-order valence-corrected chi connectivity index (χ4v) is 1.64. The Bertz CT molecular complexity index is 368. The molecule has 1 aromatic rings. The number of amides is 1. The molecule has 0 aliphatic rings. The van der Waals surface area contributed by atoms with Crippen molar-refractivity contribution in [2.75, 3.05) is 6.54 Å². The van der Waals surface area contributed by atoms with Gasteiger partial charge in [0.1, 0.15) is 0 Å². The molecule has 0 saturated carbocycles. The Morgan fingerprint density at radius 2 is 1.94 bits per heavy atom. The van der Waals surface area contributed by atoms with Gasteiger partial charge in [0, 0.05) is 12.1 Å². The van der Waals surface area contributed by atoms with E-state index in [9.17, 15) is 4.79 Å². The average molecular weight is 231 g/mol.